The van der Waals surface area contributed by atoms with Gasteiger partial charge >= 0.3 is 0 Å². The minimum atomic E-state index is 0.673. The Morgan fingerprint density at radius 3 is 0.983 bits per heavy atom. The molecule has 0 saturated carbocycles. The molecule has 0 aliphatic rings. The summed E-state index contributed by atoms with van der Waals surface area (Å²) in [5.41, 5.74) is 2.79. The normalized spacial score (nSPS) is 12.3. The zero-order valence-corrected chi connectivity index (χ0v) is 41.3. The molecule has 0 aromatic rings. The first-order valence-electron chi connectivity index (χ1n) is 27.5. The van der Waals surface area contributed by atoms with Gasteiger partial charge in [0.2, 0.25) is 0 Å². The highest BCUT2D eigenvalue weighted by Crippen LogP contribution is 2.24. The van der Waals surface area contributed by atoms with E-state index in [0.717, 1.165) is 13.0 Å². The van der Waals surface area contributed by atoms with Gasteiger partial charge in [0.25, 0.3) is 0 Å². The van der Waals surface area contributed by atoms with E-state index in [2.05, 4.69) is 63.5 Å². The van der Waals surface area contributed by atoms with Crippen molar-refractivity contribution in [2.75, 3.05) is 6.54 Å². The van der Waals surface area contributed by atoms with Gasteiger partial charge in [0.05, 0.1) is 0 Å². The third kappa shape index (κ3) is 47.7. The first-order valence-corrected chi connectivity index (χ1v) is 27.5. The lowest BCUT2D eigenvalue weighted by Crippen LogP contribution is -2.21. The van der Waals surface area contributed by atoms with Gasteiger partial charge in [0.1, 0.15) is 0 Å². The Morgan fingerprint density at radius 1 is 0.356 bits per heavy atom. The molecule has 0 bridgehead atoms. The molecule has 0 radical (unpaired) electrons. The number of unbranched alkanes of at least 4 members (excludes halogenated alkanes) is 36. The van der Waals surface area contributed by atoms with Crippen LogP contribution in [0.5, 0.6) is 0 Å². The van der Waals surface area contributed by atoms with Crippen molar-refractivity contribution in [3.05, 3.63) is 48.7 Å². The highest BCUT2D eigenvalue weighted by atomic mass is 14.9. The summed E-state index contributed by atoms with van der Waals surface area (Å²) >= 11 is 0. The molecule has 0 fully saturated rings. The van der Waals surface area contributed by atoms with Gasteiger partial charge < -0.3 is 5.32 Å². The van der Waals surface area contributed by atoms with Crippen molar-refractivity contribution in [3.63, 3.8) is 0 Å². The van der Waals surface area contributed by atoms with Crippen molar-refractivity contribution in [1.29, 1.82) is 0 Å². The first-order chi connectivity index (χ1) is 29.2. The highest BCUT2D eigenvalue weighted by Gasteiger charge is 2.12. The van der Waals surface area contributed by atoms with Crippen molar-refractivity contribution >= 4 is 0 Å². The summed E-state index contributed by atoms with van der Waals surface area (Å²) in [6, 6.07) is 0. The van der Waals surface area contributed by atoms with Crippen LogP contribution in [0, 0.1) is 5.92 Å². The molecule has 1 atom stereocenters. The predicted octanol–water partition coefficient (Wildman–Crippen LogP) is 21.0. The summed E-state index contributed by atoms with van der Waals surface area (Å²) in [6.07, 6.45) is 72.1. The smallest absolute Gasteiger partial charge is 0.0143 e. The molecule has 59 heavy (non-hydrogen) atoms. The summed E-state index contributed by atoms with van der Waals surface area (Å²) in [5.74, 6) is 0.673. The first kappa shape index (κ1) is 57.8. The number of rotatable bonds is 51. The van der Waals surface area contributed by atoms with Crippen LogP contribution in [0.25, 0.3) is 0 Å². The van der Waals surface area contributed by atoms with E-state index >= 15 is 0 Å². The van der Waals surface area contributed by atoms with Crippen molar-refractivity contribution in [3.8, 4) is 0 Å². The second-order valence-electron chi connectivity index (χ2n) is 19.1. The lowest BCUT2D eigenvalue weighted by atomic mass is 9.91. The Hall–Kier alpha value is -1.24. The van der Waals surface area contributed by atoms with Gasteiger partial charge in [-0.3, -0.25) is 0 Å². The van der Waals surface area contributed by atoms with Crippen molar-refractivity contribution in [1.82, 2.24) is 5.32 Å². The molecule has 0 aromatic heterocycles. The Morgan fingerprint density at radius 2 is 0.644 bits per heavy atom. The molecule has 1 N–H and O–H groups in total. The van der Waals surface area contributed by atoms with Crippen LogP contribution in [0.4, 0.5) is 0 Å². The van der Waals surface area contributed by atoms with E-state index < -0.39 is 0 Å². The zero-order valence-electron chi connectivity index (χ0n) is 41.3. The topological polar surface area (TPSA) is 12.0 Å². The quantitative estimate of drug-likeness (QED) is 0.0476. The van der Waals surface area contributed by atoms with Gasteiger partial charge in [0, 0.05) is 12.2 Å². The Kier molecular flexibility index (Phi) is 50.0. The Labute approximate surface area is 374 Å². The van der Waals surface area contributed by atoms with Crippen LogP contribution in [-0.2, 0) is 0 Å². The largest absolute Gasteiger partial charge is 0.389 e. The minimum absolute atomic E-state index is 0.673. The molecule has 1 unspecified atom stereocenters. The fraction of sp³-hybridized carbons (Fsp3) is 0.862. The zero-order chi connectivity index (χ0) is 42.8. The van der Waals surface area contributed by atoms with Gasteiger partial charge in [-0.05, 0) is 95.8 Å². The number of nitrogens with one attached hydrogen (secondary N) is 1. The molecule has 0 heterocycles. The molecular weight excluding hydrogens is 711 g/mol. The van der Waals surface area contributed by atoms with Crippen LogP contribution in [0.1, 0.15) is 310 Å². The summed E-state index contributed by atoms with van der Waals surface area (Å²) in [5, 5.41) is 3.83. The molecule has 1 nitrogen and oxygen atoms in total. The average molecular weight is 823 g/mol. The van der Waals surface area contributed by atoms with Crippen molar-refractivity contribution in [2.24, 2.45) is 5.92 Å². The molecule has 0 amide bonds. The fourth-order valence-electron chi connectivity index (χ4n) is 8.78. The van der Waals surface area contributed by atoms with E-state index in [4.69, 9.17) is 0 Å². The molecule has 0 saturated heterocycles. The standard InChI is InChI=1S/C58H111N/c1-6-9-11-13-15-17-19-21-23-25-27-29-31-33-38-42-46-50-54-58(53-49-45-41-37-32-30-28-26-24-22-20-18-16-14-12-10-7-2)57(5)59-55-51-47-43-39-35-34-36-40-44-48-52-56(4)8-3/h21-24,58-59H,4-20,25-55H2,1-3H3/b23-21-,24-22-. The third-order valence-corrected chi connectivity index (χ3v) is 13.2. The summed E-state index contributed by atoms with van der Waals surface area (Å²) < 4.78 is 0. The maximum atomic E-state index is 4.63. The maximum absolute atomic E-state index is 4.63. The maximum Gasteiger partial charge on any atom is 0.0143 e. The Bertz CT molecular complexity index is 880. The van der Waals surface area contributed by atoms with Crippen LogP contribution < -0.4 is 5.32 Å². The number of hydrogen-bond acceptors (Lipinski definition) is 1. The van der Waals surface area contributed by atoms with Gasteiger partial charge in [-0.2, -0.15) is 0 Å². The van der Waals surface area contributed by atoms with Gasteiger partial charge in [-0.1, -0.05) is 263 Å². The van der Waals surface area contributed by atoms with Crippen molar-refractivity contribution in [2.45, 2.75) is 310 Å². The second-order valence-corrected chi connectivity index (χ2v) is 19.1. The number of allylic oxidation sites excluding steroid dienone is 6. The van der Waals surface area contributed by atoms with Crippen LogP contribution in [0.2, 0.25) is 0 Å². The Balaban J connectivity index is 4.16. The van der Waals surface area contributed by atoms with Crippen molar-refractivity contribution < 1.29 is 0 Å². The van der Waals surface area contributed by atoms with Crippen LogP contribution in [0.3, 0.4) is 0 Å². The van der Waals surface area contributed by atoms with Gasteiger partial charge in [-0.25, -0.2) is 0 Å². The van der Waals surface area contributed by atoms with E-state index in [1.165, 1.54) is 294 Å². The van der Waals surface area contributed by atoms with Crippen LogP contribution in [0.15, 0.2) is 48.7 Å². The van der Waals surface area contributed by atoms with E-state index in [9.17, 15) is 0 Å². The fourth-order valence-corrected chi connectivity index (χ4v) is 8.78. The van der Waals surface area contributed by atoms with Gasteiger partial charge in [-0.15, -0.1) is 0 Å². The lowest BCUT2D eigenvalue weighted by Gasteiger charge is -2.21. The third-order valence-electron chi connectivity index (χ3n) is 13.2. The molecule has 0 aliphatic carbocycles. The molecule has 1 heteroatoms. The van der Waals surface area contributed by atoms with E-state index in [-0.39, 0.29) is 0 Å². The SMILES string of the molecule is C=C(CC)CCCCCCCCCCCCNC(=C)C(CCCCCCCCC/C=C\CCCCCCCC)CCCCCCCCCC/C=C\CCCCCCCC. The molecule has 0 rings (SSSR count). The lowest BCUT2D eigenvalue weighted by molar-refractivity contribution is 0.427. The minimum Gasteiger partial charge on any atom is -0.389 e. The molecule has 0 spiro atoms. The van der Waals surface area contributed by atoms with E-state index in [1.54, 1.807) is 0 Å². The monoisotopic (exact) mass is 822 g/mol. The summed E-state index contributed by atoms with van der Waals surface area (Å²) in [6.45, 7) is 16.7. The molecule has 348 valence electrons. The van der Waals surface area contributed by atoms with Crippen LogP contribution in [-0.4, -0.2) is 6.54 Å². The summed E-state index contributed by atoms with van der Waals surface area (Å²) in [7, 11) is 0. The average Bonchev–Trinajstić information content (AvgIpc) is 3.24. The van der Waals surface area contributed by atoms with Gasteiger partial charge in [0.15, 0.2) is 0 Å². The van der Waals surface area contributed by atoms with E-state index in [0.29, 0.717) is 5.92 Å². The highest BCUT2D eigenvalue weighted by molar-refractivity contribution is 4.98. The second kappa shape index (κ2) is 51.1. The van der Waals surface area contributed by atoms with Crippen LogP contribution >= 0.6 is 0 Å². The molecule has 0 aliphatic heterocycles. The number of hydrogen-bond donors (Lipinski definition) is 1. The molecular formula is C58H111N. The predicted molar refractivity (Wildman–Crippen MR) is 273 cm³/mol. The summed E-state index contributed by atoms with van der Waals surface area (Å²) in [4.78, 5) is 0. The molecule has 0 aromatic carbocycles. The van der Waals surface area contributed by atoms with E-state index in [1.807, 2.05) is 0 Å².